The molecule has 1 unspecified atom stereocenters. The Hall–Kier alpha value is -1.72. The Morgan fingerprint density at radius 3 is 2.89 bits per heavy atom. The summed E-state index contributed by atoms with van der Waals surface area (Å²) in [6, 6.07) is 10.2. The molecule has 1 N–H and O–H groups in total. The summed E-state index contributed by atoms with van der Waals surface area (Å²) >= 11 is 0. The van der Waals surface area contributed by atoms with Crippen molar-refractivity contribution in [2.45, 2.75) is 25.4 Å². The summed E-state index contributed by atoms with van der Waals surface area (Å²) in [5, 5.41) is 11.5. The van der Waals surface area contributed by atoms with E-state index in [4.69, 9.17) is 9.15 Å². The number of rotatable bonds is 4. The van der Waals surface area contributed by atoms with Gasteiger partial charge >= 0.3 is 0 Å². The second kappa shape index (κ2) is 5.95. The van der Waals surface area contributed by atoms with Gasteiger partial charge in [-0.25, -0.2) is 0 Å². The summed E-state index contributed by atoms with van der Waals surface area (Å²) in [5.41, 5.74) is 0.947. The van der Waals surface area contributed by atoms with Crippen molar-refractivity contribution in [3.05, 3.63) is 36.2 Å². The van der Waals surface area contributed by atoms with Gasteiger partial charge in [0.1, 0.15) is 0 Å². The lowest BCUT2D eigenvalue weighted by molar-refractivity contribution is 0.0692. The average Bonchev–Trinajstić information content (AvgIpc) is 2.96. The van der Waals surface area contributed by atoms with Crippen LogP contribution in [0.5, 0.6) is 0 Å². The molecule has 5 nitrogen and oxygen atoms in total. The van der Waals surface area contributed by atoms with Crippen molar-refractivity contribution in [3.8, 4) is 11.5 Å². The predicted octanol–water partition coefficient (Wildman–Crippen LogP) is 2.01. The molecule has 5 heteroatoms. The second-order valence-electron chi connectivity index (χ2n) is 4.66. The van der Waals surface area contributed by atoms with Gasteiger partial charge in [-0.15, -0.1) is 10.2 Å². The molecule has 0 bridgehead atoms. The summed E-state index contributed by atoms with van der Waals surface area (Å²) in [4.78, 5) is 0. The van der Waals surface area contributed by atoms with Crippen LogP contribution >= 0.6 is 0 Å². The first-order valence-corrected chi connectivity index (χ1v) is 6.61. The normalized spacial score (nSPS) is 19.5. The number of ether oxygens (including phenoxy) is 1. The van der Waals surface area contributed by atoms with Crippen molar-refractivity contribution in [2.75, 3.05) is 13.2 Å². The predicted molar refractivity (Wildman–Crippen MR) is 70.4 cm³/mol. The van der Waals surface area contributed by atoms with Crippen molar-refractivity contribution < 1.29 is 9.15 Å². The van der Waals surface area contributed by atoms with Crippen LogP contribution in [0.1, 0.15) is 18.7 Å². The number of nitrogens with one attached hydrogen (secondary N) is 1. The zero-order valence-corrected chi connectivity index (χ0v) is 10.7. The van der Waals surface area contributed by atoms with E-state index in [9.17, 15) is 0 Å². The van der Waals surface area contributed by atoms with Crippen LogP contribution in [0.25, 0.3) is 11.5 Å². The van der Waals surface area contributed by atoms with E-state index in [0.717, 1.165) is 31.6 Å². The molecule has 100 valence electrons. The first-order chi connectivity index (χ1) is 9.42. The highest BCUT2D eigenvalue weighted by Crippen LogP contribution is 2.17. The van der Waals surface area contributed by atoms with Crippen LogP contribution in [-0.4, -0.2) is 29.5 Å². The molecule has 1 saturated heterocycles. The molecule has 0 amide bonds. The van der Waals surface area contributed by atoms with Gasteiger partial charge in [0.05, 0.1) is 13.2 Å². The van der Waals surface area contributed by atoms with E-state index in [0.29, 0.717) is 24.4 Å². The molecule has 0 spiro atoms. The molecule has 19 heavy (non-hydrogen) atoms. The molecule has 1 aliphatic rings. The summed E-state index contributed by atoms with van der Waals surface area (Å²) in [6.45, 7) is 2.23. The van der Waals surface area contributed by atoms with Crippen LogP contribution in [-0.2, 0) is 11.3 Å². The monoisotopic (exact) mass is 259 g/mol. The van der Waals surface area contributed by atoms with Gasteiger partial charge in [0.25, 0.3) is 0 Å². The molecule has 2 aromatic rings. The quantitative estimate of drug-likeness (QED) is 0.910. The van der Waals surface area contributed by atoms with Crippen molar-refractivity contribution in [1.29, 1.82) is 0 Å². The van der Waals surface area contributed by atoms with Crippen LogP contribution in [0, 0.1) is 0 Å². The first kappa shape index (κ1) is 12.3. The van der Waals surface area contributed by atoms with Crippen molar-refractivity contribution in [1.82, 2.24) is 15.5 Å². The third-order valence-corrected chi connectivity index (χ3v) is 3.19. The summed E-state index contributed by atoms with van der Waals surface area (Å²) in [6.07, 6.45) is 2.25. The Labute approximate surface area is 112 Å². The first-order valence-electron chi connectivity index (χ1n) is 6.61. The standard InChI is InChI=1S/C14H17N3O2/c1-2-5-11(6-3-1)14-17-16-13(19-14)9-15-12-7-4-8-18-10-12/h1-3,5-6,12,15H,4,7-10H2. The molecule has 1 aliphatic heterocycles. The van der Waals surface area contributed by atoms with E-state index in [1.54, 1.807) is 0 Å². The lowest BCUT2D eigenvalue weighted by Gasteiger charge is -2.22. The largest absolute Gasteiger partial charge is 0.419 e. The topological polar surface area (TPSA) is 60.2 Å². The number of benzene rings is 1. The fraction of sp³-hybridized carbons (Fsp3) is 0.429. The molecule has 1 atom stereocenters. The Bertz CT molecular complexity index is 506. The number of hydrogen-bond acceptors (Lipinski definition) is 5. The minimum atomic E-state index is 0.390. The van der Waals surface area contributed by atoms with Crippen molar-refractivity contribution in [2.24, 2.45) is 0 Å². The molecule has 3 rings (SSSR count). The minimum Gasteiger partial charge on any atom is -0.419 e. The maximum atomic E-state index is 5.64. The summed E-state index contributed by atoms with van der Waals surface area (Å²) < 4.78 is 11.1. The lowest BCUT2D eigenvalue weighted by Crippen LogP contribution is -2.36. The van der Waals surface area contributed by atoms with Gasteiger partial charge in [-0.1, -0.05) is 18.2 Å². The summed E-state index contributed by atoms with van der Waals surface area (Å²) in [5.74, 6) is 1.18. The molecular weight excluding hydrogens is 242 g/mol. The van der Waals surface area contributed by atoms with E-state index < -0.39 is 0 Å². The van der Waals surface area contributed by atoms with E-state index in [1.165, 1.54) is 0 Å². The van der Waals surface area contributed by atoms with E-state index in [-0.39, 0.29) is 0 Å². The Morgan fingerprint density at radius 1 is 1.21 bits per heavy atom. The van der Waals surface area contributed by atoms with Crippen LogP contribution in [0.3, 0.4) is 0 Å². The fourth-order valence-corrected chi connectivity index (χ4v) is 2.16. The zero-order chi connectivity index (χ0) is 12.9. The van der Waals surface area contributed by atoms with Crippen LogP contribution < -0.4 is 5.32 Å². The molecule has 0 saturated carbocycles. The molecule has 2 heterocycles. The summed E-state index contributed by atoms with van der Waals surface area (Å²) in [7, 11) is 0. The van der Waals surface area contributed by atoms with E-state index in [2.05, 4.69) is 15.5 Å². The molecule has 1 aromatic carbocycles. The van der Waals surface area contributed by atoms with Gasteiger partial charge in [0.15, 0.2) is 0 Å². The highest BCUT2D eigenvalue weighted by molar-refractivity contribution is 5.51. The van der Waals surface area contributed by atoms with Crippen molar-refractivity contribution in [3.63, 3.8) is 0 Å². The highest BCUT2D eigenvalue weighted by Gasteiger charge is 2.14. The molecule has 1 fully saturated rings. The number of aromatic nitrogens is 2. The Kier molecular flexibility index (Phi) is 3.86. The number of hydrogen-bond donors (Lipinski definition) is 1. The Balaban J connectivity index is 1.59. The fourth-order valence-electron chi connectivity index (χ4n) is 2.16. The van der Waals surface area contributed by atoms with Crippen molar-refractivity contribution >= 4 is 0 Å². The SMILES string of the molecule is c1ccc(-c2nnc(CNC3CCCOC3)o2)cc1. The third-order valence-electron chi connectivity index (χ3n) is 3.19. The maximum Gasteiger partial charge on any atom is 0.247 e. The average molecular weight is 259 g/mol. The van der Waals surface area contributed by atoms with Gasteiger partial charge in [-0.3, -0.25) is 0 Å². The molecule has 0 radical (unpaired) electrons. The smallest absolute Gasteiger partial charge is 0.247 e. The van der Waals surface area contributed by atoms with E-state index >= 15 is 0 Å². The zero-order valence-electron chi connectivity index (χ0n) is 10.7. The Morgan fingerprint density at radius 2 is 2.11 bits per heavy atom. The third kappa shape index (κ3) is 3.19. The molecule has 1 aromatic heterocycles. The van der Waals surface area contributed by atoms with Crippen LogP contribution in [0.2, 0.25) is 0 Å². The van der Waals surface area contributed by atoms with Gasteiger partial charge in [-0.05, 0) is 25.0 Å². The van der Waals surface area contributed by atoms with Gasteiger partial charge in [-0.2, -0.15) is 0 Å². The molecule has 0 aliphatic carbocycles. The second-order valence-corrected chi connectivity index (χ2v) is 4.66. The van der Waals surface area contributed by atoms with Gasteiger partial charge in [0.2, 0.25) is 11.8 Å². The highest BCUT2D eigenvalue weighted by atomic mass is 16.5. The minimum absolute atomic E-state index is 0.390. The van der Waals surface area contributed by atoms with Crippen LogP contribution in [0.4, 0.5) is 0 Å². The van der Waals surface area contributed by atoms with Gasteiger partial charge in [0, 0.05) is 18.2 Å². The number of nitrogens with zero attached hydrogens (tertiary/aromatic N) is 2. The van der Waals surface area contributed by atoms with E-state index in [1.807, 2.05) is 30.3 Å². The lowest BCUT2D eigenvalue weighted by atomic mass is 10.1. The van der Waals surface area contributed by atoms with Gasteiger partial charge < -0.3 is 14.5 Å². The molecular formula is C14H17N3O2. The maximum absolute atomic E-state index is 5.64. The van der Waals surface area contributed by atoms with Crippen LogP contribution in [0.15, 0.2) is 34.7 Å².